The second kappa shape index (κ2) is 8.49. The van der Waals surface area contributed by atoms with E-state index in [9.17, 15) is 14.0 Å². The lowest BCUT2D eigenvalue weighted by Crippen LogP contribution is -2.24. The predicted octanol–water partition coefficient (Wildman–Crippen LogP) is 4.00. The smallest absolute Gasteiger partial charge is 0.248 e. The Balaban J connectivity index is 1.68. The number of carbonyl (C=O) groups is 2. The summed E-state index contributed by atoms with van der Waals surface area (Å²) in [6.07, 6.45) is 4.18. The van der Waals surface area contributed by atoms with Crippen LogP contribution in [0.4, 0.5) is 15.8 Å². The number of hydrogen-bond donors (Lipinski definition) is 1. The van der Waals surface area contributed by atoms with Crippen LogP contribution in [0.15, 0.2) is 48.5 Å². The van der Waals surface area contributed by atoms with Crippen LogP contribution in [0.5, 0.6) is 5.75 Å². The van der Waals surface area contributed by atoms with E-state index < -0.39 is 5.82 Å². The van der Waals surface area contributed by atoms with Gasteiger partial charge in [0.05, 0.1) is 12.3 Å². The summed E-state index contributed by atoms with van der Waals surface area (Å²) in [5.41, 5.74) is 1.36. The van der Waals surface area contributed by atoms with E-state index in [4.69, 9.17) is 4.74 Å². The van der Waals surface area contributed by atoms with Crippen LogP contribution in [0.2, 0.25) is 0 Å². The van der Waals surface area contributed by atoms with E-state index in [-0.39, 0.29) is 17.5 Å². The van der Waals surface area contributed by atoms with Crippen LogP contribution in [0.25, 0.3) is 6.08 Å². The number of hydrogen-bond acceptors (Lipinski definition) is 3. The Morgan fingerprint density at radius 3 is 2.81 bits per heavy atom. The maximum absolute atomic E-state index is 14.3. The Bertz CT molecular complexity index is 879. The highest BCUT2D eigenvalue weighted by molar-refractivity contribution is 6.02. The van der Waals surface area contributed by atoms with Crippen LogP contribution in [-0.2, 0) is 9.59 Å². The van der Waals surface area contributed by atoms with Crippen molar-refractivity contribution in [2.45, 2.75) is 19.8 Å². The molecule has 0 saturated carbocycles. The third kappa shape index (κ3) is 4.53. The number of carbonyl (C=O) groups excluding carboxylic acids is 2. The lowest BCUT2D eigenvalue weighted by atomic mass is 10.2. The zero-order chi connectivity index (χ0) is 19.2. The second-order valence-corrected chi connectivity index (χ2v) is 6.11. The number of anilines is 2. The lowest BCUT2D eigenvalue weighted by molar-refractivity contribution is -0.117. The summed E-state index contributed by atoms with van der Waals surface area (Å²) in [6.45, 7) is 2.94. The molecule has 0 bridgehead atoms. The molecule has 5 nitrogen and oxygen atoms in total. The standard InChI is InChI=1S/C21H21FN2O3/c1-2-27-19-7-4-3-6-15(19)9-12-20(25)23-16-10-11-18(17(22)14-16)24-13-5-8-21(24)26/h3-4,6-7,9-12,14H,2,5,8,13H2,1H3,(H,23,25)/b12-9+. The van der Waals surface area contributed by atoms with Gasteiger partial charge in [-0.2, -0.15) is 0 Å². The molecule has 3 rings (SSSR count). The summed E-state index contributed by atoms with van der Waals surface area (Å²) in [7, 11) is 0. The number of ether oxygens (including phenoxy) is 1. The lowest BCUT2D eigenvalue weighted by Gasteiger charge is -2.17. The second-order valence-electron chi connectivity index (χ2n) is 6.11. The molecule has 1 aliphatic heterocycles. The molecule has 2 aromatic rings. The third-order valence-corrected chi connectivity index (χ3v) is 4.21. The summed E-state index contributed by atoms with van der Waals surface area (Å²) in [5.74, 6) is -0.310. The molecule has 1 aliphatic rings. The van der Waals surface area contributed by atoms with E-state index in [1.165, 1.54) is 23.1 Å². The van der Waals surface area contributed by atoms with Crippen LogP contribution in [0.1, 0.15) is 25.3 Å². The maximum Gasteiger partial charge on any atom is 0.248 e. The molecule has 0 aromatic heterocycles. The molecule has 0 aliphatic carbocycles. The zero-order valence-corrected chi connectivity index (χ0v) is 15.1. The van der Waals surface area contributed by atoms with Gasteiger partial charge in [0.2, 0.25) is 11.8 Å². The Labute approximate surface area is 157 Å². The minimum Gasteiger partial charge on any atom is -0.493 e. The van der Waals surface area contributed by atoms with Crippen molar-refractivity contribution in [1.82, 2.24) is 0 Å². The van der Waals surface area contributed by atoms with E-state index in [0.29, 0.717) is 31.0 Å². The molecular weight excluding hydrogens is 347 g/mol. The first-order valence-corrected chi connectivity index (χ1v) is 8.89. The largest absolute Gasteiger partial charge is 0.493 e. The van der Waals surface area contributed by atoms with Gasteiger partial charge in [-0.05, 0) is 43.7 Å². The van der Waals surface area contributed by atoms with Crippen molar-refractivity contribution in [2.75, 3.05) is 23.4 Å². The quantitative estimate of drug-likeness (QED) is 0.784. The van der Waals surface area contributed by atoms with Gasteiger partial charge in [0.1, 0.15) is 11.6 Å². The average Bonchev–Trinajstić information content (AvgIpc) is 3.07. The number of rotatable bonds is 6. The van der Waals surface area contributed by atoms with E-state index in [1.54, 1.807) is 12.1 Å². The van der Waals surface area contributed by atoms with Crippen LogP contribution in [0, 0.1) is 5.82 Å². The molecule has 140 valence electrons. The Kier molecular flexibility index (Phi) is 5.86. The highest BCUT2D eigenvalue weighted by Gasteiger charge is 2.24. The van der Waals surface area contributed by atoms with Crippen molar-refractivity contribution in [2.24, 2.45) is 0 Å². The molecule has 0 unspecified atom stereocenters. The van der Waals surface area contributed by atoms with Gasteiger partial charge in [-0.1, -0.05) is 18.2 Å². The first-order chi connectivity index (χ1) is 13.1. The summed E-state index contributed by atoms with van der Waals surface area (Å²) in [6, 6.07) is 11.7. The van der Waals surface area contributed by atoms with Gasteiger partial charge >= 0.3 is 0 Å². The molecule has 1 fully saturated rings. The van der Waals surface area contributed by atoms with Gasteiger partial charge in [-0.3, -0.25) is 9.59 Å². The summed E-state index contributed by atoms with van der Waals surface area (Å²) < 4.78 is 19.8. The fraction of sp³-hybridized carbons (Fsp3) is 0.238. The van der Waals surface area contributed by atoms with Gasteiger partial charge < -0.3 is 15.0 Å². The van der Waals surface area contributed by atoms with Crippen molar-refractivity contribution in [1.29, 1.82) is 0 Å². The topological polar surface area (TPSA) is 58.6 Å². The molecule has 2 aromatic carbocycles. The molecule has 0 spiro atoms. The number of nitrogens with zero attached hydrogens (tertiary/aromatic N) is 1. The van der Waals surface area contributed by atoms with Crippen LogP contribution >= 0.6 is 0 Å². The summed E-state index contributed by atoms with van der Waals surface area (Å²) >= 11 is 0. The number of benzene rings is 2. The minimum atomic E-state index is -0.534. The molecule has 1 heterocycles. The highest BCUT2D eigenvalue weighted by atomic mass is 19.1. The summed E-state index contributed by atoms with van der Waals surface area (Å²) in [5, 5.41) is 2.62. The molecule has 27 heavy (non-hydrogen) atoms. The minimum absolute atomic E-state index is 0.0819. The Morgan fingerprint density at radius 2 is 2.11 bits per heavy atom. The van der Waals surface area contributed by atoms with Gasteiger partial charge in [0.15, 0.2) is 0 Å². The Morgan fingerprint density at radius 1 is 1.30 bits per heavy atom. The van der Waals surface area contributed by atoms with Crippen molar-refractivity contribution in [3.05, 3.63) is 59.9 Å². The zero-order valence-electron chi connectivity index (χ0n) is 15.1. The SMILES string of the molecule is CCOc1ccccc1/C=C/C(=O)Nc1ccc(N2CCCC2=O)c(F)c1. The highest BCUT2D eigenvalue weighted by Crippen LogP contribution is 2.27. The molecule has 6 heteroatoms. The monoisotopic (exact) mass is 368 g/mol. The van der Waals surface area contributed by atoms with Gasteiger partial charge in [0.25, 0.3) is 0 Å². The van der Waals surface area contributed by atoms with Crippen molar-refractivity contribution < 1.29 is 18.7 Å². The molecule has 1 N–H and O–H groups in total. The normalized spacial score (nSPS) is 14.0. The number of amides is 2. The third-order valence-electron chi connectivity index (χ3n) is 4.21. The first-order valence-electron chi connectivity index (χ1n) is 8.89. The van der Waals surface area contributed by atoms with Crippen molar-refractivity contribution >= 4 is 29.3 Å². The van der Waals surface area contributed by atoms with Crippen molar-refractivity contribution in [3.63, 3.8) is 0 Å². The van der Waals surface area contributed by atoms with E-state index in [0.717, 1.165) is 12.0 Å². The predicted molar refractivity (Wildman–Crippen MR) is 103 cm³/mol. The molecule has 0 atom stereocenters. The van der Waals surface area contributed by atoms with Crippen LogP contribution in [-0.4, -0.2) is 25.0 Å². The molecular formula is C21H21FN2O3. The fourth-order valence-corrected chi connectivity index (χ4v) is 2.96. The van der Waals surface area contributed by atoms with E-state index in [1.807, 2.05) is 31.2 Å². The fourth-order valence-electron chi connectivity index (χ4n) is 2.96. The number of nitrogens with one attached hydrogen (secondary N) is 1. The van der Waals surface area contributed by atoms with Crippen molar-refractivity contribution in [3.8, 4) is 5.75 Å². The van der Waals surface area contributed by atoms with Crippen LogP contribution in [0.3, 0.4) is 0 Å². The first kappa shape index (κ1) is 18.6. The summed E-state index contributed by atoms with van der Waals surface area (Å²) in [4.78, 5) is 25.3. The average molecular weight is 368 g/mol. The molecule has 0 radical (unpaired) electrons. The van der Waals surface area contributed by atoms with E-state index in [2.05, 4.69) is 5.32 Å². The molecule has 1 saturated heterocycles. The van der Waals surface area contributed by atoms with Gasteiger partial charge in [-0.25, -0.2) is 4.39 Å². The number of para-hydroxylation sites is 1. The Hall–Kier alpha value is -3.15. The van der Waals surface area contributed by atoms with E-state index >= 15 is 0 Å². The van der Waals surface area contributed by atoms with Gasteiger partial charge in [0, 0.05) is 30.3 Å². The van der Waals surface area contributed by atoms with Crippen LogP contribution < -0.4 is 15.0 Å². The van der Waals surface area contributed by atoms with Gasteiger partial charge in [-0.15, -0.1) is 0 Å². The molecule has 2 amide bonds. The maximum atomic E-state index is 14.3. The number of halogens is 1.